The molecule has 4 nitrogen and oxygen atoms in total. The van der Waals surface area contributed by atoms with E-state index in [2.05, 4.69) is 17.2 Å². The van der Waals surface area contributed by atoms with Gasteiger partial charge in [0.1, 0.15) is 5.01 Å². The molecule has 0 radical (unpaired) electrons. The van der Waals surface area contributed by atoms with Crippen LogP contribution in [0.25, 0.3) is 0 Å². The van der Waals surface area contributed by atoms with Gasteiger partial charge in [-0.2, -0.15) is 0 Å². The summed E-state index contributed by atoms with van der Waals surface area (Å²) >= 11 is 1.64. The predicted octanol–water partition coefficient (Wildman–Crippen LogP) is 2.50. The molecule has 1 rings (SSSR count). The fraction of sp³-hybridized carbons (Fsp3) is 0.786. The number of aliphatic hydroxyl groups is 1. The van der Waals surface area contributed by atoms with Crippen LogP contribution in [0.2, 0.25) is 0 Å². The van der Waals surface area contributed by atoms with E-state index in [9.17, 15) is 5.11 Å². The SMILES string of the molecule is CCCCCCOCC(O)CNCc1nc(C)cs1. The molecule has 0 aliphatic carbocycles. The van der Waals surface area contributed by atoms with Gasteiger partial charge in [-0.3, -0.25) is 0 Å². The molecule has 2 N–H and O–H groups in total. The standard InChI is InChI=1S/C14H26N2O2S/c1-3-4-5-6-7-18-10-13(17)8-15-9-14-16-12(2)11-19-14/h11,13,15,17H,3-10H2,1-2H3. The minimum absolute atomic E-state index is 0.413. The van der Waals surface area contributed by atoms with Crippen LogP contribution in [-0.4, -0.2) is 36.0 Å². The second-order valence-corrected chi connectivity index (χ2v) is 5.75. The van der Waals surface area contributed by atoms with Crippen LogP contribution in [0.4, 0.5) is 0 Å². The zero-order chi connectivity index (χ0) is 13.9. The van der Waals surface area contributed by atoms with Gasteiger partial charge in [-0.05, 0) is 13.3 Å². The van der Waals surface area contributed by atoms with E-state index in [4.69, 9.17) is 4.74 Å². The van der Waals surface area contributed by atoms with E-state index in [-0.39, 0.29) is 0 Å². The van der Waals surface area contributed by atoms with Crippen LogP contribution < -0.4 is 5.32 Å². The molecule has 0 bridgehead atoms. The molecule has 0 saturated carbocycles. The monoisotopic (exact) mass is 286 g/mol. The number of rotatable bonds is 11. The molecule has 0 aromatic carbocycles. The molecule has 5 heteroatoms. The lowest BCUT2D eigenvalue weighted by Gasteiger charge is -2.11. The van der Waals surface area contributed by atoms with Crippen molar-refractivity contribution in [2.24, 2.45) is 0 Å². The van der Waals surface area contributed by atoms with Crippen molar-refractivity contribution in [1.29, 1.82) is 0 Å². The first kappa shape index (κ1) is 16.6. The van der Waals surface area contributed by atoms with Crippen LogP contribution in [-0.2, 0) is 11.3 Å². The molecule has 110 valence electrons. The Morgan fingerprint density at radius 1 is 1.42 bits per heavy atom. The molecule has 0 amide bonds. The summed E-state index contributed by atoms with van der Waals surface area (Å²) in [6, 6.07) is 0. The van der Waals surface area contributed by atoms with Crippen LogP contribution in [0.1, 0.15) is 43.3 Å². The van der Waals surface area contributed by atoms with Gasteiger partial charge in [0.05, 0.1) is 12.7 Å². The first-order valence-corrected chi connectivity index (χ1v) is 7.98. The van der Waals surface area contributed by atoms with Gasteiger partial charge in [-0.1, -0.05) is 26.2 Å². The quantitative estimate of drug-likeness (QED) is 0.614. The molecule has 0 saturated heterocycles. The number of unbranched alkanes of at least 4 members (excludes halogenated alkanes) is 3. The summed E-state index contributed by atoms with van der Waals surface area (Å²) < 4.78 is 5.45. The Hall–Kier alpha value is -0.490. The maximum absolute atomic E-state index is 9.73. The number of hydrogen-bond donors (Lipinski definition) is 2. The first-order valence-electron chi connectivity index (χ1n) is 7.10. The summed E-state index contributed by atoms with van der Waals surface area (Å²) in [5.41, 5.74) is 1.05. The predicted molar refractivity (Wildman–Crippen MR) is 79.5 cm³/mol. The Labute approximate surface area is 120 Å². The maximum atomic E-state index is 9.73. The van der Waals surface area contributed by atoms with Crippen LogP contribution >= 0.6 is 11.3 Å². The number of nitrogens with zero attached hydrogens (tertiary/aromatic N) is 1. The van der Waals surface area contributed by atoms with Crippen molar-refractivity contribution in [3.05, 3.63) is 16.1 Å². The van der Waals surface area contributed by atoms with Gasteiger partial charge in [0.25, 0.3) is 0 Å². The molecule has 19 heavy (non-hydrogen) atoms. The van der Waals surface area contributed by atoms with Gasteiger partial charge < -0.3 is 15.2 Å². The van der Waals surface area contributed by atoms with Crippen molar-refractivity contribution in [2.45, 2.75) is 52.2 Å². The fourth-order valence-corrected chi connectivity index (χ4v) is 2.48. The minimum atomic E-state index is -0.438. The van der Waals surface area contributed by atoms with Crippen LogP contribution in [0.15, 0.2) is 5.38 Å². The van der Waals surface area contributed by atoms with E-state index in [0.29, 0.717) is 19.7 Å². The highest BCUT2D eigenvalue weighted by Crippen LogP contribution is 2.07. The average Bonchev–Trinajstić information content (AvgIpc) is 2.79. The van der Waals surface area contributed by atoms with Crippen molar-refractivity contribution in [3.63, 3.8) is 0 Å². The number of aryl methyl sites for hydroxylation is 1. The highest BCUT2D eigenvalue weighted by molar-refractivity contribution is 7.09. The van der Waals surface area contributed by atoms with Crippen molar-refractivity contribution in [2.75, 3.05) is 19.8 Å². The Morgan fingerprint density at radius 3 is 2.95 bits per heavy atom. The van der Waals surface area contributed by atoms with Gasteiger partial charge in [0.15, 0.2) is 0 Å². The van der Waals surface area contributed by atoms with Gasteiger partial charge in [0.2, 0.25) is 0 Å². The Balaban J connectivity index is 1.94. The van der Waals surface area contributed by atoms with Gasteiger partial charge in [-0.25, -0.2) is 4.98 Å². The fourth-order valence-electron chi connectivity index (χ4n) is 1.74. The number of aromatic nitrogens is 1. The van der Waals surface area contributed by atoms with Crippen molar-refractivity contribution >= 4 is 11.3 Å². The van der Waals surface area contributed by atoms with Crippen molar-refractivity contribution < 1.29 is 9.84 Å². The van der Waals surface area contributed by atoms with Crippen LogP contribution in [0.3, 0.4) is 0 Å². The van der Waals surface area contributed by atoms with E-state index in [1.54, 1.807) is 11.3 Å². The highest BCUT2D eigenvalue weighted by Gasteiger charge is 2.04. The summed E-state index contributed by atoms with van der Waals surface area (Å²) in [4.78, 5) is 4.35. The number of thiazole rings is 1. The van der Waals surface area contributed by atoms with Crippen molar-refractivity contribution in [3.8, 4) is 0 Å². The molecule has 1 aromatic heterocycles. The second kappa shape index (κ2) is 10.3. The molecule has 1 atom stereocenters. The van der Waals surface area contributed by atoms with Crippen molar-refractivity contribution in [1.82, 2.24) is 10.3 Å². The van der Waals surface area contributed by atoms with Gasteiger partial charge in [-0.15, -0.1) is 11.3 Å². The lowest BCUT2D eigenvalue weighted by Crippen LogP contribution is -2.30. The zero-order valence-electron chi connectivity index (χ0n) is 12.0. The molecule has 0 spiro atoms. The third kappa shape index (κ3) is 8.31. The second-order valence-electron chi connectivity index (χ2n) is 4.80. The number of hydrogen-bond acceptors (Lipinski definition) is 5. The summed E-state index contributed by atoms with van der Waals surface area (Å²) in [6.07, 6.45) is 4.37. The highest BCUT2D eigenvalue weighted by atomic mass is 32.1. The zero-order valence-corrected chi connectivity index (χ0v) is 12.8. The number of aliphatic hydroxyl groups excluding tert-OH is 1. The first-order chi connectivity index (χ1) is 9.22. The molecule has 0 aliphatic heterocycles. The molecule has 1 aromatic rings. The third-order valence-corrected chi connectivity index (χ3v) is 3.74. The summed E-state index contributed by atoms with van der Waals surface area (Å²) in [6.45, 7) is 6.61. The lowest BCUT2D eigenvalue weighted by atomic mass is 10.2. The van der Waals surface area contributed by atoms with Crippen LogP contribution in [0.5, 0.6) is 0 Å². The summed E-state index contributed by atoms with van der Waals surface area (Å²) in [5, 5.41) is 16.0. The summed E-state index contributed by atoms with van der Waals surface area (Å²) in [7, 11) is 0. The largest absolute Gasteiger partial charge is 0.389 e. The minimum Gasteiger partial charge on any atom is -0.389 e. The van der Waals surface area contributed by atoms with E-state index < -0.39 is 6.10 Å². The lowest BCUT2D eigenvalue weighted by molar-refractivity contribution is 0.0353. The Morgan fingerprint density at radius 2 is 2.26 bits per heavy atom. The molecule has 1 unspecified atom stereocenters. The van der Waals surface area contributed by atoms with E-state index in [1.807, 2.05) is 12.3 Å². The van der Waals surface area contributed by atoms with Crippen LogP contribution in [0, 0.1) is 6.92 Å². The summed E-state index contributed by atoms with van der Waals surface area (Å²) in [5.74, 6) is 0. The third-order valence-electron chi connectivity index (χ3n) is 2.78. The molecular weight excluding hydrogens is 260 g/mol. The Kier molecular flexibility index (Phi) is 8.99. The van der Waals surface area contributed by atoms with E-state index >= 15 is 0 Å². The smallest absolute Gasteiger partial charge is 0.107 e. The maximum Gasteiger partial charge on any atom is 0.107 e. The van der Waals surface area contributed by atoms with Gasteiger partial charge in [0, 0.05) is 30.8 Å². The molecule has 0 fully saturated rings. The topological polar surface area (TPSA) is 54.4 Å². The number of ether oxygens (including phenoxy) is 1. The van der Waals surface area contributed by atoms with Gasteiger partial charge >= 0.3 is 0 Å². The molecule has 0 aliphatic rings. The normalized spacial score (nSPS) is 12.8. The number of nitrogens with one attached hydrogen (secondary N) is 1. The Bertz CT molecular complexity index is 331. The molecular formula is C14H26N2O2S. The van der Waals surface area contributed by atoms with E-state index in [1.165, 1.54) is 19.3 Å². The molecule has 1 heterocycles. The average molecular weight is 286 g/mol. The van der Waals surface area contributed by atoms with E-state index in [0.717, 1.165) is 23.7 Å².